The molecule has 6 heteroatoms. The Balaban J connectivity index is 2.15. The minimum atomic E-state index is -0.970. The Bertz CT molecular complexity index is 694. The van der Waals surface area contributed by atoms with Crippen molar-refractivity contribution in [2.24, 2.45) is 0 Å². The van der Waals surface area contributed by atoms with Crippen molar-refractivity contribution >= 4 is 28.2 Å². The molecule has 2 aromatic rings. The minimum absolute atomic E-state index is 0.222. The van der Waals surface area contributed by atoms with Gasteiger partial charge in [0.15, 0.2) is 17.8 Å². The maximum absolute atomic E-state index is 10.9. The van der Waals surface area contributed by atoms with Gasteiger partial charge in [-0.1, -0.05) is 12.1 Å². The topological polar surface area (TPSA) is 72.8 Å². The van der Waals surface area contributed by atoms with Crippen molar-refractivity contribution in [3.63, 3.8) is 0 Å². The number of aldehydes is 1. The van der Waals surface area contributed by atoms with Gasteiger partial charge < -0.3 is 14.6 Å². The van der Waals surface area contributed by atoms with Crippen molar-refractivity contribution < 1.29 is 24.2 Å². The van der Waals surface area contributed by atoms with Crippen LogP contribution in [0.3, 0.4) is 0 Å². The molecule has 1 N–H and O–H groups in total. The van der Waals surface area contributed by atoms with Gasteiger partial charge in [0.1, 0.15) is 6.61 Å². The zero-order chi connectivity index (χ0) is 16.1. The fourth-order valence-electron chi connectivity index (χ4n) is 1.82. The predicted octanol–water partition coefficient (Wildman–Crippen LogP) is 3.55. The van der Waals surface area contributed by atoms with Gasteiger partial charge in [0, 0.05) is 10.0 Å². The molecular weight excluding hydrogens is 352 g/mol. The molecule has 0 atom stereocenters. The number of methoxy groups -OCH3 is 1. The van der Waals surface area contributed by atoms with Crippen molar-refractivity contribution in [2.75, 3.05) is 7.11 Å². The molecule has 0 aliphatic heterocycles. The summed E-state index contributed by atoms with van der Waals surface area (Å²) in [6, 6.07) is 9.65. The van der Waals surface area contributed by atoms with Crippen LogP contribution in [0, 0.1) is 0 Å². The lowest BCUT2D eigenvalue weighted by molar-refractivity contribution is 0.0696. The lowest BCUT2D eigenvalue weighted by atomic mass is 10.1. The third kappa shape index (κ3) is 3.65. The number of hydrogen-bond donors (Lipinski definition) is 1. The first-order chi connectivity index (χ1) is 10.5. The highest BCUT2D eigenvalue weighted by molar-refractivity contribution is 9.10. The molecule has 0 spiro atoms. The molecule has 0 amide bonds. The molecule has 0 bridgehead atoms. The van der Waals surface area contributed by atoms with Crippen molar-refractivity contribution in [1.29, 1.82) is 0 Å². The largest absolute Gasteiger partial charge is 0.493 e. The number of rotatable bonds is 6. The van der Waals surface area contributed by atoms with Crippen LogP contribution in [0.4, 0.5) is 0 Å². The van der Waals surface area contributed by atoms with E-state index in [2.05, 4.69) is 15.9 Å². The first-order valence-electron chi connectivity index (χ1n) is 6.33. The molecule has 0 radical (unpaired) electrons. The molecule has 0 aliphatic carbocycles. The van der Waals surface area contributed by atoms with E-state index in [1.54, 1.807) is 24.3 Å². The van der Waals surface area contributed by atoms with E-state index in [0.29, 0.717) is 21.5 Å². The average Bonchev–Trinajstić information content (AvgIpc) is 2.53. The van der Waals surface area contributed by atoms with E-state index >= 15 is 0 Å². The van der Waals surface area contributed by atoms with E-state index in [0.717, 1.165) is 11.8 Å². The van der Waals surface area contributed by atoms with E-state index in [9.17, 15) is 9.59 Å². The minimum Gasteiger partial charge on any atom is -0.493 e. The third-order valence-corrected chi connectivity index (χ3v) is 3.69. The van der Waals surface area contributed by atoms with Gasteiger partial charge in [-0.05, 0) is 45.8 Å². The third-order valence-electron chi connectivity index (χ3n) is 3.01. The summed E-state index contributed by atoms with van der Waals surface area (Å²) in [6.07, 6.45) is 0.723. The molecule has 0 unspecified atom stereocenters. The number of halogens is 1. The van der Waals surface area contributed by atoms with E-state index in [1.807, 2.05) is 0 Å². The van der Waals surface area contributed by atoms with E-state index in [1.165, 1.54) is 19.2 Å². The van der Waals surface area contributed by atoms with Gasteiger partial charge in [0.2, 0.25) is 0 Å². The lowest BCUT2D eigenvalue weighted by Crippen LogP contribution is -2.00. The maximum Gasteiger partial charge on any atom is 0.335 e. The Morgan fingerprint density at radius 1 is 1.23 bits per heavy atom. The summed E-state index contributed by atoms with van der Waals surface area (Å²) in [4.78, 5) is 21.7. The van der Waals surface area contributed by atoms with Gasteiger partial charge in [-0.25, -0.2) is 4.79 Å². The van der Waals surface area contributed by atoms with Crippen LogP contribution >= 0.6 is 15.9 Å². The zero-order valence-electron chi connectivity index (χ0n) is 11.7. The number of carboxylic acids is 1. The molecule has 0 aromatic heterocycles. The van der Waals surface area contributed by atoms with Gasteiger partial charge in [-0.3, -0.25) is 4.79 Å². The summed E-state index contributed by atoms with van der Waals surface area (Å²) in [5.74, 6) is -0.0303. The van der Waals surface area contributed by atoms with Gasteiger partial charge in [-0.15, -0.1) is 0 Å². The van der Waals surface area contributed by atoms with Gasteiger partial charge in [-0.2, -0.15) is 0 Å². The number of carbonyl (C=O) groups excluding carboxylic acids is 1. The number of carbonyl (C=O) groups is 2. The fraction of sp³-hybridized carbons (Fsp3) is 0.125. The van der Waals surface area contributed by atoms with Crippen molar-refractivity contribution in [2.45, 2.75) is 6.61 Å². The first kappa shape index (κ1) is 16.0. The Labute approximate surface area is 135 Å². The van der Waals surface area contributed by atoms with Crippen molar-refractivity contribution in [1.82, 2.24) is 0 Å². The zero-order valence-corrected chi connectivity index (χ0v) is 13.3. The molecule has 2 rings (SSSR count). The first-order valence-corrected chi connectivity index (χ1v) is 7.12. The van der Waals surface area contributed by atoms with Crippen molar-refractivity contribution in [3.05, 3.63) is 57.6 Å². The van der Waals surface area contributed by atoms with E-state index in [-0.39, 0.29) is 12.2 Å². The highest BCUT2D eigenvalue weighted by Gasteiger charge is 2.10. The fourth-order valence-corrected chi connectivity index (χ4v) is 2.23. The second kappa shape index (κ2) is 7.09. The van der Waals surface area contributed by atoms with Crippen LogP contribution < -0.4 is 9.47 Å². The standard InChI is InChI=1S/C16H13BrO5/c1-21-14-6-12(8-18)13(17)7-15(14)22-9-10-2-4-11(5-3-10)16(19)20/h2-8H,9H2,1H3,(H,19,20). The summed E-state index contributed by atoms with van der Waals surface area (Å²) in [5.41, 5.74) is 1.51. The quantitative estimate of drug-likeness (QED) is 0.793. The number of carboxylic acid groups (broad SMARTS) is 1. The Morgan fingerprint density at radius 3 is 2.45 bits per heavy atom. The van der Waals surface area contributed by atoms with E-state index < -0.39 is 5.97 Å². The molecule has 0 fully saturated rings. The summed E-state index contributed by atoms with van der Waals surface area (Å²) >= 11 is 3.29. The molecule has 0 saturated carbocycles. The molecule has 2 aromatic carbocycles. The van der Waals surface area contributed by atoms with Crippen LogP contribution in [0.15, 0.2) is 40.9 Å². The van der Waals surface area contributed by atoms with E-state index in [4.69, 9.17) is 14.6 Å². The van der Waals surface area contributed by atoms with Gasteiger partial charge in [0.05, 0.1) is 12.7 Å². The lowest BCUT2D eigenvalue weighted by Gasteiger charge is -2.12. The number of ether oxygens (including phenoxy) is 2. The van der Waals surface area contributed by atoms with Crippen LogP contribution in [0.25, 0.3) is 0 Å². The molecule has 22 heavy (non-hydrogen) atoms. The molecular formula is C16H13BrO5. The van der Waals surface area contributed by atoms with Crippen LogP contribution in [-0.2, 0) is 6.61 Å². The molecule has 0 saturated heterocycles. The summed E-state index contributed by atoms with van der Waals surface area (Å²) < 4.78 is 11.5. The normalized spacial score (nSPS) is 10.1. The van der Waals surface area contributed by atoms with Gasteiger partial charge in [0.25, 0.3) is 0 Å². The molecule has 114 valence electrons. The predicted molar refractivity (Wildman–Crippen MR) is 83.8 cm³/mol. The second-order valence-corrected chi connectivity index (χ2v) is 5.29. The second-order valence-electron chi connectivity index (χ2n) is 4.43. The molecule has 0 heterocycles. The number of aromatic carboxylic acids is 1. The SMILES string of the molecule is COc1cc(C=O)c(Br)cc1OCc1ccc(C(=O)O)cc1. The summed E-state index contributed by atoms with van der Waals surface area (Å²) in [7, 11) is 1.49. The number of hydrogen-bond acceptors (Lipinski definition) is 4. The Kier molecular flexibility index (Phi) is 5.16. The summed E-state index contributed by atoms with van der Waals surface area (Å²) in [5, 5.41) is 8.85. The van der Waals surface area contributed by atoms with Crippen LogP contribution in [0.1, 0.15) is 26.3 Å². The number of benzene rings is 2. The monoisotopic (exact) mass is 364 g/mol. The maximum atomic E-state index is 10.9. The highest BCUT2D eigenvalue weighted by Crippen LogP contribution is 2.33. The Hall–Kier alpha value is -2.34. The average molecular weight is 365 g/mol. The highest BCUT2D eigenvalue weighted by atomic mass is 79.9. The van der Waals surface area contributed by atoms with Crippen LogP contribution in [-0.4, -0.2) is 24.5 Å². The van der Waals surface area contributed by atoms with Crippen molar-refractivity contribution in [3.8, 4) is 11.5 Å². The molecule has 5 nitrogen and oxygen atoms in total. The van der Waals surface area contributed by atoms with Gasteiger partial charge >= 0.3 is 5.97 Å². The smallest absolute Gasteiger partial charge is 0.335 e. The van der Waals surface area contributed by atoms with Crippen LogP contribution in [0.2, 0.25) is 0 Å². The Morgan fingerprint density at radius 2 is 1.91 bits per heavy atom. The summed E-state index contributed by atoms with van der Waals surface area (Å²) in [6.45, 7) is 0.253. The van der Waals surface area contributed by atoms with Crippen LogP contribution in [0.5, 0.6) is 11.5 Å². The molecule has 0 aliphatic rings.